The maximum absolute atomic E-state index is 11.6. The van der Waals surface area contributed by atoms with Gasteiger partial charge in [-0.15, -0.1) is 10.2 Å². The fourth-order valence-corrected chi connectivity index (χ4v) is 2.32. The lowest BCUT2D eigenvalue weighted by Gasteiger charge is -2.06. The lowest BCUT2D eigenvalue weighted by atomic mass is 10.2. The number of hydrogen-bond donors (Lipinski definition) is 1. The Labute approximate surface area is 114 Å². The smallest absolute Gasteiger partial charge is 0.339 e. The summed E-state index contributed by atoms with van der Waals surface area (Å²) in [6, 6.07) is 3.38. The molecule has 2 N–H and O–H groups in total. The van der Waals surface area contributed by atoms with E-state index in [9.17, 15) is 4.79 Å². The number of nitrogens with two attached hydrogens (primary N) is 1. The van der Waals surface area contributed by atoms with Crippen LogP contribution in [0.5, 0.6) is 0 Å². The predicted molar refractivity (Wildman–Crippen MR) is 70.6 cm³/mol. The van der Waals surface area contributed by atoms with E-state index in [1.165, 1.54) is 18.9 Å². The van der Waals surface area contributed by atoms with Crippen LogP contribution in [0.4, 0.5) is 5.95 Å². The number of carbonyl (C=O) groups is 1. The van der Waals surface area contributed by atoms with Crippen LogP contribution in [0.2, 0.25) is 0 Å². The van der Waals surface area contributed by atoms with Gasteiger partial charge >= 0.3 is 5.97 Å². The highest BCUT2D eigenvalue weighted by Crippen LogP contribution is 2.22. The van der Waals surface area contributed by atoms with Crippen LogP contribution in [-0.2, 0) is 17.5 Å². The second-order valence-corrected chi connectivity index (χ2v) is 4.62. The fraction of sp³-hybridized carbons (Fsp3) is 0.273. The molecule has 7 nitrogen and oxygen atoms in total. The second-order valence-electron chi connectivity index (χ2n) is 3.68. The summed E-state index contributed by atoms with van der Waals surface area (Å²) in [7, 11) is 3.12. The molecule has 0 aliphatic rings. The van der Waals surface area contributed by atoms with E-state index in [4.69, 9.17) is 10.5 Å². The van der Waals surface area contributed by atoms with Gasteiger partial charge in [0.05, 0.1) is 18.4 Å². The van der Waals surface area contributed by atoms with Gasteiger partial charge in [0.2, 0.25) is 5.95 Å². The highest BCUT2D eigenvalue weighted by molar-refractivity contribution is 7.98. The third-order valence-corrected chi connectivity index (χ3v) is 3.53. The van der Waals surface area contributed by atoms with Gasteiger partial charge in [-0.25, -0.2) is 4.79 Å². The number of anilines is 1. The molecule has 2 rings (SSSR count). The van der Waals surface area contributed by atoms with Gasteiger partial charge in [0.15, 0.2) is 5.16 Å². The Bertz CT molecular complexity index is 599. The number of pyridine rings is 1. The molecule has 0 spiro atoms. The average Bonchev–Trinajstić information content (AvgIpc) is 2.76. The molecule has 19 heavy (non-hydrogen) atoms. The molecule has 2 aromatic rings. The minimum Gasteiger partial charge on any atom is -0.465 e. The number of thioether (sulfide) groups is 1. The Kier molecular flexibility index (Phi) is 4.00. The molecule has 2 heterocycles. The van der Waals surface area contributed by atoms with E-state index in [0.717, 1.165) is 0 Å². The van der Waals surface area contributed by atoms with Crippen LogP contribution in [-0.4, -0.2) is 32.8 Å². The molecule has 0 saturated carbocycles. The van der Waals surface area contributed by atoms with Gasteiger partial charge in [-0.2, -0.15) is 0 Å². The van der Waals surface area contributed by atoms with Crippen LogP contribution in [0.1, 0.15) is 16.1 Å². The molecule has 0 amide bonds. The van der Waals surface area contributed by atoms with Gasteiger partial charge in [-0.05, 0) is 12.1 Å². The van der Waals surface area contributed by atoms with Crippen molar-refractivity contribution in [2.24, 2.45) is 7.05 Å². The molecule has 0 radical (unpaired) electrons. The maximum Gasteiger partial charge on any atom is 0.339 e. The van der Waals surface area contributed by atoms with E-state index in [-0.39, 0.29) is 0 Å². The van der Waals surface area contributed by atoms with Crippen molar-refractivity contribution in [3.63, 3.8) is 0 Å². The normalized spacial score (nSPS) is 10.4. The molecule has 0 fully saturated rings. The monoisotopic (exact) mass is 279 g/mol. The Morgan fingerprint density at radius 2 is 2.32 bits per heavy atom. The molecular weight excluding hydrogens is 266 g/mol. The molecule has 0 aliphatic heterocycles. The van der Waals surface area contributed by atoms with Crippen molar-refractivity contribution in [1.82, 2.24) is 19.7 Å². The highest BCUT2D eigenvalue weighted by atomic mass is 32.2. The van der Waals surface area contributed by atoms with Gasteiger partial charge in [0, 0.05) is 19.0 Å². The first-order chi connectivity index (χ1) is 9.13. The Hall–Kier alpha value is -2.09. The number of ether oxygens (including phenoxy) is 1. The van der Waals surface area contributed by atoms with E-state index >= 15 is 0 Å². The van der Waals surface area contributed by atoms with Crippen molar-refractivity contribution in [2.75, 3.05) is 12.8 Å². The zero-order chi connectivity index (χ0) is 13.8. The Morgan fingerprint density at radius 3 is 2.95 bits per heavy atom. The molecule has 8 heteroatoms. The molecule has 2 aromatic heterocycles. The van der Waals surface area contributed by atoms with Crippen LogP contribution in [0, 0.1) is 0 Å². The zero-order valence-corrected chi connectivity index (χ0v) is 11.3. The summed E-state index contributed by atoms with van der Waals surface area (Å²) in [5.74, 6) is 0.426. The van der Waals surface area contributed by atoms with Gasteiger partial charge in [0.1, 0.15) is 0 Å². The SMILES string of the molecule is COC(=O)c1cccnc1CSc1nnc(N)n1C. The molecule has 0 bridgehead atoms. The van der Waals surface area contributed by atoms with Gasteiger partial charge in [-0.3, -0.25) is 9.55 Å². The molecule has 0 aliphatic carbocycles. The second kappa shape index (κ2) is 5.70. The summed E-state index contributed by atoms with van der Waals surface area (Å²) >= 11 is 1.40. The zero-order valence-electron chi connectivity index (χ0n) is 10.5. The Balaban J connectivity index is 2.16. The summed E-state index contributed by atoms with van der Waals surface area (Å²) in [5, 5.41) is 8.36. The first-order valence-corrected chi connectivity index (χ1v) is 6.42. The van der Waals surface area contributed by atoms with E-state index in [1.54, 1.807) is 29.9 Å². The summed E-state index contributed by atoms with van der Waals surface area (Å²) in [6.07, 6.45) is 1.63. The minimum absolute atomic E-state index is 0.344. The van der Waals surface area contributed by atoms with Crippen LogP contribution in [0.15, 0.2) is 23.5 Å². The van der Waals surface area contributed by atoms with Crippen molar-refractivity contribution in [1.29, 1.82) is 0 Å². The number of aromatic nitrogens is 4. The van der Waals surface area contributed by atoms with Crippen LogP contribution < -0.4 is 5.73 Å². The lowest BCUT2D eigenvalue weighted by Crippen LogP contribution is -2.07. The summed E-state index contributed by atoms with van der Waals surface area (Å²) < 4.78 is 6.39. The molecular formula is C11H13N5O2S. The highest BCUT2D eigenvalue weighted by Gasteiger charge is 2.14. The first-order valence-electron chi connectivity index (χ1n) is 5.43. The van der Waals surface area contributed by atoms with Crippen molar-refractivity contribution >= 4 is 23.7 Å². The number of nitrogens with zero attached hydrogens (tertiary/aromatic N) is 4. The Morgan fingerprint density at radius 1 is 1.53 bits per heavy atom. The molecule has 0 aromatic carbocycles. The van der Waals surface area contributed by atoms with Crippen LogP contribution in [0.25, 0.3) is 0 Å². The number of rotatable bonds is 4. The van der Waals surface area contributed by atoms with Crippen LogP contribution >= 0.6 is 11.8 Å². The topological polar surface area (TPSA) is 95.9 Å². The van der Waals surface area contributed by atoms with Crippen molar-refractivity contribution in [3.8, 4) is 0 Å². The number of methoxy groups -OCH3 is 1. The van der Waals surface area contributed by atoms with Gasteiger partial charge in [-0.1, -0.05) is 11.8 Å². The molecule has 0 saturated heterocycles. The molecule has 100 valence electrons. The third-order valence-electron chi connectivity index (χ3n) is 2.50. The largest absolute Gasteiger partial charge is 0.465 e. The van der Waals surface area contributed by atoms with E-state index in [2.05, 4.69) is 15.2 Å². The van der Waals surface area contributed by atoms with E-state index < -0.39 is 5.97 Å². The fourth-order valence-electron chi connectivity index (χ4n) is 1.43. The summed E-state index contributed by atoms with van der Waals surface area (Å²) in [4.78, 5) is 15.8. The van der Waals surface area contributed by atoms with Crippen molar-refractivity contribution in [2.45, 2.75) is 10.9 Å². The van der Waals surface area contributed by atoms with Gasteiger partial charge in [0.25, 0.3) is 0 Å². The molecule has 0 unspecified atom stereocenters. The number of hydrogen-bond acceptors (Lipinski definition) is 7. The maximum atomic E-state index is 11.6. The quantitative estimate of drug-likeness (QED) is 0.655. The summed E-state index contributed by atoms with van der Waals surface area (Å²) in [6.45, 7) is 0. The number of carbonyl (C=O) groups excluding carboxylic acids is 1. The minimum atomic E-state index is -0.402. The summed E-state index contributed by atoms with van der Waals surface area (Å²) in [5.41, 5.74) is 6.69. The first kappa shape index (κ1) is 13.3. The van der Waals surface area contributed by atoms with Gasteiger partial charge < -0.3 is 10.5 Å². The van der Waals surface area contributed by atoms with E-state index in [1.807, 2.05) is 0 Å². The number of nitrogen functional groups attached to an aromatic ring is 1. The van der Waals surface area contributed by atoms with Crippen molar-refractivity contribution < 1.29 is 9.53 Å². The molecule has 0 atom stereocenters. The average molecular weight is 279 g/mol. The number of esters is 1. The standard InChI is InChI=1S/C11H13N5O2S/c1-16-10(12)14-15-11(16)19-6-8-7(9(17)18-2)4-3-5-13-8/h3-5H,6H2,1-2H3,(H2,12,14). The van der Waals surface area contributed by atoms with E-state index in [0.29, 0.717) is 28.1 Å². The van der Waals surface area contributed by atoms with Crippen LogP contribution in [0.3, 0.4) is 0 Å². The lowest BCUT2D eigenvalue weighted by molar-refractivity contribution is 0.0599. The third kappa shape index (κ3) is 2.84. The predicted octanol–water partition coefficient (Wildman–Crippen LogP) is 0.871. The van der Waals surface area contributed by atoms with Crippen molar-refractivity contribution in [3.05, 3.63) is 29.6 Å².